The molecule has 1 aliphatic rings. The van der Waals surface area contributed by atoms with Crippen molar-refractivity contribution in [3.63, 3.8) is 0 Å². The lowest BCUT2D eigenvalue weighted by Gasteiger charge is -2.15. The van der Waals surface area contributed by atoms with E-state index in [2.05, 4.69) is 0 Å². The van der Waals surface area contributed by atoms with Gasteiger partial charge in [0.05, 0.1) is 7.11 Å². The number of carbonyl (C=O) groups is 1. The third-order valence-corrected chi connectivity index (χ3v) is 2.94. The summed E-state index contributed by atoms with van der Waals surface area (Å²) < 4.78 is 23.3. The van der Waals surface area contributed by atoms with Crippen LogP contribution in [0.2, 0.25) is 0 Å². The van der Waals surface area contributed by atoms with Gasteiger partial charge in [-0.2, -0.15) is 0 Å². The summed E-state index contributed by atoms with van der Waals surface area (Å²) in [6.45, 7) is 1.58. The van der Waals surface area contributed by atoms with Crippen molar-refractivity contribution in [3.05, 3.63) is 24.0 Å². The fourth-order valence-corrected chi connectivity index (χ4v) is 1.93. The topological polar surface area (TPSA) is 38.8 Å². The van der Waals surface area contributed by atoms with E-state index in [4.69, 9.17) is 9.47 Å². The third kappa shape index (κ3) is 2.91. The number of halogens is 1. The maximum Gasteiger partial charge on any atom is 0.260 e. The lowest BCUT2D eigenvalue weighted by atomic mass is 10.3. The van der Waals surface area contributed by atoms with E-state index in [1.165, 1.54) is 25.3 Å². The first kappa shape index (κ1) is 12.7. The van der Waals surface area contributed by atoms with Crippen molar-refractivity contribution in [3.8, 4) is 11.5 Å². The highest BCUT2D eigenvalue weighted by atomic mass is 19.1. The molecular weight excluding hydrogens is 237 g/mol. The van der Waals surface area contributed by atoms with Crippen molar-refractivity contribution >= 4 is 5.91 Å². The fourth-order valence-electron chi connectivity index (χ4n) is 1.93. The van der Waals surface area contributed by atoms with E-state index in [1.54, 1.807) is 4.90 Å². The molecule has 0 spiro atoms. The van der Waals surface area contributed by atoms with Gasteiger partial charge >= 0.3 is 0 Å². The van der Waals surface area contributed by atoms with E-state index in [0.717, 1.165) is 25.9 Å². The van der Waals surface area contributed by atoms with E-state index in [0.29, 0.717) is 5.75 Å². The molecule has 2 rings (SSSR count). The maximum absolute atomic E-state index is 13.2. The minimum Gasteiger partial charge on any atom is -0.494 e. The molecular formula is C13H16FNO3. The van der Waals surface area contributed by atoms with Gasteiger partial charge in [0.2, 0.25) is 0 Å². The van der Waals surface area contributed by atoms with Crippen LogP contribution in [0.3, 0.4) is 0 Å². The van der Waals surface area contributed by atoms with Crippen molar-refractivity contribution in [2.75, 3.05) is 26.8 Å². The SMILES string of the molecule is COc1cc(OCC(=O)N2CCCC2)ccc1F. The highest BCUT2D eigenvalue weighted by molar-refractivity contribution is 5.78. The lowest BCUT2D eigenvalue weighted by molar-refractivity contribution is -0.132. The van der Waals surface area contributed by atoms with E-state index < -0.39 is 5.82 Å². The molecule has 5 heteroatoms. The van der Waals surface area contributed by atoms with E-state index in [9.17, 15) is 9.18 Å². The summed E-state index contributed by atoms with van der Waals surface area (Å²) in [7, 11) is 1.39. The molecule has 0 aromatic heterocycles. The molecule has 4 nitrogen and oxygen atoms in total. The molecule has 0 N–H and O–H groups in total. The average molecular weight is 253 g/mol. The molecule has 1 aliphatic heterocycles. The van der Waals surface area contributed by atoms with Gasteiger partial charge in [0.25, 0.3) is 5.91 Å². The fraction of sp³-hybridized carbons (Fsp3) is 0.462. The number of likely N-dealkylation sites (tertiary alicyclic amines) is 1. The molecule has 0 atom stereocenters. The Kier molecular flexibility index (Phi) is 4.02. The number of hydrogen-bond donors (Lipinski definition) is 0. The molecule has 0 bridgehead atoms. The number of methoxy groups -OCH3 is 1. The molecule has 1 fully saturated rings. The summed E-state index contributed by atoms with van der Waals surface area (Å²) >= 11 is 0. The molecule has 18 heavy (non-hydrogen) atoms. The molecule has 0 unspecified atom stereocenters. The summed E-state index contributed by atoms with van der Waals surface area (Å²) in [5.41, 5.74) is 0. The second-order valence-corrected chi connectivity index (χ2v) is 4.17. The Morgan fingerprint density at radius 1 is 1.39 bits per heavy atom. The largest absolute Gasteiger partial charge is 0.494 e. The van der Waals surface area contributed by atoms with Crippen LogP contribution < -0.4 is 9.47 Å². The molecule has 98 valence electrons. The van der Waals surface area contributed by atoms with Crippen LogP contribution in [0, 0.1) is 5.82 Å². The summed E-state index contributed by atoms with van der Waals surface area (Å²) in [5, 5.41) is 0. The number of rotatable bonds is 4. The monoisotopic (exact) mass is 253 g/mol. The second-order valence-electron chi connectivity index (χ2n) is 4.17. The summed E-state index contributed by atoms with van der Waals surface area (Å²) in [4.78, 5) is 13.5. The molecule has 0 saturated carbocycles. The van der Waals surface area contributed by atoms with Gasteiger partial charge in [-0.05, 0) is 25.0 Å². The van der Waals surface area contributed by atoms with Gasteiger partial charge in [-0.1, -0.05) is 0 Å². The van der Waals surface area contributed by atoms with Gasteiger partial charge in [-0.25, -0.2) is 4.39 Å². The quantitative estimate of drug-likeness (QED) is 0.821. The Morgan fingerprint density at radius 2 is 2.11 bits per heavy atom. The first-order chi connectivity index (χ1) is 8.70. The number of hydrogen-bond acceptors (Lipinski definition) is 3. The van der Waals surface area contributed by atoms with Crippen molar-refractivity contribution in [2.24, 2.45) is 0 Å². The normalized spacial score (nSPS) is 14.7. The second kappa shape index (κ2) is 5.71. The summed E-state index contributed by atoms with van der Waals surface area (Å²) in [6, 6.07) is 4.18. The Balaban J connectivity index is 1.91. The summed E-state index contributed by atoms with van der Waals surface area (Å²) in [5.74, 6) is 0.0634. The minimum absolute atomic E-state index is 0.0191. The lowest BCUT2D eigenvalue weighted by Crippen LogP contribution is -2.32. The molecule has 1 aromatic rings. The molecule has 1 saturated heterocycles. The van der Waals surface area contributed by atoms with Crippen LogP contribution >= 0.6 is 0 Å². The number of amides is 1. The van der Waals surface area contributed by atoms with Crippen LogP contribution in [0.15, 0.2) is 18.2 Å². The molecule has 1 amide bonds. The number of nitrogens with zero attached hydrogens (tertiary/aromatic N) is 1. The Hall–Kier alpha value is -1.78. The van der Waals surface area contributed by atoms with E-state index >= 15 is 0 Å². The van der Waals surface area contributed by atoms with Crippen LogP contribution in [0.25, 0.3) is 0 Å². The van der Waals surface area contributed by atoms with Gasteiger partial charge in [0, 0.05) is 19.2 Å². The minimum atomic E-state index is -0.448. The molecule has 0 radical (unpaired) electrons. The zero-order chi connectivity index (χ0) is 13.0. The van der Waals surface area contributed by atoms with Crippen LogP contribution in [0.4, 0.5) is 4.39 Å². The Morgan fingerprint density at radius 3 is 2.78 bits per heavy atom. The average Bonchev–Trinajstić information content (AvgIpc) is 2.91. The first-order valence-corrected chi connectivity index (χ1v) is 5.95. The van der Waals surface area contributed by atoms with Gasteiger partial charge < -0.3 is 14.4 Å². The van der Waals surface area contributed by atoms with Gasteiger partial charge in [-0.15, -0.1) is 0 Å². The Bertz CT molecular complexity index is 430. The number of ether oxygens (including phenoxy) is 2. The van der Waals surface area contributed by atoms with Gasteiger partial charge in [0.1, 0.15) is 5.75 Å². The van der Waals surface area contributed by atoms with Crippen molar-refractivity contribution < 1.29 is 18.7 Å². The predicted molar refractivity (Wildman–Crippen MR) is 64.3 cm³/mol. The first-order valence-electron chi connectivity index (χ1n) is 5.95. The number of carbonyl (C=O) groups excluding carboxylic acids is 1. The zero-order valence-electron chi connectivity index (χ0n) is 10.3. The molecule has 1 heterocycles. The van der Waals surface area contributed by atoms with Crippen LogP contribution in [0.1, 0.15) is 12.8 Å². The number of benzene rings is 1. The summed E-state index contributed by atoms with van der Waals surface area (Å²) in [6.07, 6.45) is 2.10. The zero-order valence-corrected chi connectivity index (χ0v) is 10.3. The predicted octanol–water partition coefficient (Wildman–Crippen LogP) is 1.84. The maximum atomic E-state index is 13.2. The van der Waals surface area contributed by atoms with E-state index in [1.807, 2.05) is 0 Å². The van der Waals surface area contributed by atoms with Gasteiger partial charge in [0.15, 0.2) is 18.2 Å². The van der Waals surface area contributed by atoms with E-state index in [-0.39, 0.29) is 18.3 Å². The van der Waals surface area contributed by atoms with Crippen LogP contribution in [-0.4, -0.2) is 37.6 Å². The van der Waals surface area contributed by atoms with Crippen LogP contribution in [0.5, 0.6) is 11.5 Å². The van der Waals surface area contributed by atoms with Crippen molar-refractivity contribution in [2.45, 2.75) is 12.8 Å². The molecule has 1 aromatic carbocycles. The molecule has 0 aliphatic carbocycles. The highest BCUT2D eigenvalue weighted by Crippen LogP contribution is 2.23. The third-order valence-electron chi connectivity index (χ3n) is 2.94. The standard InChI is InChI=1S/C13H16FNO3/c1-17-12-8-10(4-5-11(12)14)18-9-13(16)15-6-2-3-7-15/h4-5,8H,2-3,6-7,9H2,1H3. The smallest absolute Gasteiger partial charge is 0.260 e. The van der Waals surface area contributed by atoms with Crippen molar-refractivity contribution in [1.82, 2.24) is 4.90 Å². The van der Waals surface area contributed by atoms with Crippen LogP contribution in [-0.2, 0) is 4.79 Å². The van der Waals surface area contributed by atoms with Gasteiger partial charge in [-0.3, -0.25) is 4.79 Å². The highest BCUT2D eigenvalue weighted by Gasteiger charge is 2.18. The Labute approximate surface area is 105 Å². The van der Waals surface area contributed by atoms with Crippen molar-refractivity contribution in [1.29, 1.82) is 0 Å².